The van der Waals surface area contributed by atoms with Gasteiger partial charge in [0.05, 0.1) is 11.6 Å². The molecule has 0 atom stereocenters. The standard InChI is InChI=1S/C16H19N3O/c1-18(11-13-10-17-19(2)12-13)15(20)16(8-9-16)14-6-4-3-5-7-14/h3-7,10,12H,8-9,11H2,1-2H3. The highest BCUT2D eigenvalue weighted by atomic mass is 16.2. The number of hydrogen-bond donors (Lipinski definition) is 0. The van der Waals surface area contributed by atoms with E-state index in [0.29, 0.717) is 6.54 Å². The van der Waals surface area contributed by atoms with Crippen molar-refractivity contribution in [3.05, 3.63) is 53.9 Å². The summed E-state index contributed by atoms with van der Waals surface area (Å²) in [6.45, 7) is 0.612. The van der Waals surface area contributed by atoms with E-state index in [9.17, 15) is 4.79 Å². The zero-order valence-corrected chi connectivity index (χ0v) is 11.9. The van der Waals surface area contributed by atoms with E-state index in [1.54, 1.807) is 4.68 Å². The maximum atomic E-state index is 12.7. The third-order valence-electron chi connectivity index (χ3n) is 4.01. The van der Waals surface area contributed by atoms with Crippen molar-refractivity contribution in [2.45, 2.75) is 24.8 Å². The first-order valence-corrected chi connectivity index (χ1v) is 6.90. The van der Waals surface area contributed by atoms with Crippen molar-refractivity contribution in [2.75, 3.05) is 7.05 Å². The molecule has 0 unspecified atom stereocenters. The van der Waals surface area contributed by atoms with Crippen LogP contribution >= 0.6 is 0 Å². The van der Waals surface area contributed by atoms with Crippen molar-refractivity contribution in [2.24, 2.45) is 7.05 Å². The van der Waals surface area contributed by atoms with E-state index in [1.807, 2.05) is 49.6 Å². The largest absolute Gasteiger partial charge is 0.341 e. The van der Waals surface area contributed by atoms with Gasteiger partial charge in [-0.15, -0.1) is 0 Å². The number of likely N-dealkylation sites (N-methyl/N-ethyl adjacent to an activating group) is 1. The number of carbonyl (C=O) groups is 1. The maximum Gasteiger partial charge on any atom is 0.233 e. The molecule has 1 aromatic heterocycles. The highest BCUT2D eigenvalue weighted by Gasteiger charge is 2.52. The van der Waals surface area contributed by atoms with Crippen molar-refractivity contribution >= 4 is 5.91 Å². The van der Waals surface area contributed by atoms with Crippen molar-refractivity contribution in [3.63, 3.8) is 0 Å². The zero-order chi connectivity index (χ0) is 14.2. The molecule has 3 rings (SSSR count). The second kappa shape index (κ2) is 4.78. The fourth-order valence-electron chi connectivity index (χ4n) is 2.77. The first-order valence-electron chi connectivity index (χ1n) is 6.90. The Morgan fingerprint density at radius 1 is 1.35 bits per heavy atom. The molecule has 104 valence electrons. The molecule has 1 heterocycles. The molecule has 1 aromatic carbocycles. The molecule has 0 spiro atoms. The Bertz CT molecular complexity index is 614. The quantitative estimate of drug-likeness (QED) is 0.852. The van der Waals surface area contributed by atoms with Gasteiger partial charge in [-0.25, -0.2) is 0 Å². The predicted molar refractivity (Wildman–Crippen MR) is 77.0 cm³/mol. The number of aromatic nitrogens is 2. The lowest BCUT2D eigenvalue weighted by Crippen LogP contribution is -2.36. The van der Waals surface area contributed by atoms with Gasteiger partial charge in [0.15, 0.2) is 0 Å². The van der Waals surface area contributed by atoms with Crippen LogP contribution in [0.4, 0.5) is 0 Å². The first kappa shape index (κ1) is 12.9. The summed E-state index contributed by atoms with van der Waals surface area (Å²) >= 11 is 0. The van der Waals surface area contributed by atoms with Crippen LogP contribution in [0.15, 0.2) is 42.7 Å². The molecule has 1 fully saturated rings. The van der Waals surface area contributed by atoms with Gasteiger partial charge in [0.25, 0.3) is 0 Å². The Hall–Kier alpha value is -2.10. The van der Waals surface area contributed by atoms with E-state index in [1.165, 1.54) is 0 Å². The normalized spacial score (nSPS) is 15.9. The van der Waals surface area contributed by atoms with E-state index in [0.717, 1.165) is 24.0 Å². The van der Waals surface area contributed by atoms with Gasteiger partial charge < -0.3 is 4.90 Å². The molecule has 1 aliphatic rings. The van der Waals surface area contributed by atoms with E-state index in [2.05, 4.69) is 17.2 Å². The van der Waals surface area contributed by atoms with E-state index in [4.69, 9.17) is 0 Å². The van der Waals surface area contributed by atoms with Gasteiger partial charge >= 0.3 is 0 Å². The molecule has 0 radical (unpaired) electrons. The van der Waals surface area contributed by atoms with Gasteiger partial charge in [0.1, 0.15) is 0 Å². The molecule has 1 amide bonds. The number of rotatable bonds is 4. The fraction of sp³-hybridized carbons (Fsp3) is 0.375. The maximum absolute atomic E-state index is 12.7. The van der Waals surface area contributed by atoms with Crippen LogP contribution in [0, 0.1) is 0 Å². The summed E-state index contributed by atoms with van der Waals surface area (Å²) in [5.74, 6) is 0.215. The molecule has 20 heavy (non-hydrogen) atoms. The number of benzene rings is 1. The van der Waals surface area contributed by atoms with Gasteiger partial charge in [-0.2, -0.15) is 5.10 Å². The number of hydrogen-bond acceptors (Lipinski definition) is 2. The van der Waals surface area contributed by atoms with E-state index < -0.39 is 0 Å². The Balaban J connectivity index is 1.75. The summed E-state index contributed by atoms with van der Waals surface area (Å²) in [5.41, 5.74) is 1.92. The van der Waals surface area contributed by atoms with E-state index >= 15 is 0 Å². The molecule has 2 aromatic rings. The van der Waals surface area contributed by atoms with Crippen LogP contribution in [-0.4, -0.2) is 27.6 Å². The second-order valence-electron chi connectivity index (χ2n) is 5.63. The SMILES string of the molecule is CN(Cc1cnn(C)c1)C(=O)C1(c2ccccc2)CC1. The number of nitrogens with zero attached hydrogens (tertiary/aromatic N) is 3. The lowest BCUT2D eigenvalue weighted by atomic mass is 9.94. The first-order chi connectivity index (χ1) is 9.62. The molecule has 0 aliphatic heterocycles. The molecule has 0 saturated heterocycles. The third-order valence-corrected chi connectivity index (χ3v) is 4.01. The van der Waals surface area contributed by atoms with E-state index in [-0.39, 0.29) is 11.3 Å². The number of carbonyl (C=O) groups excluding carboxylic acids is 1. The Kier molecular flexibility index (Phi) is 3.08. The minimum Gasteiger partial charge on any atom is -0.341 e. The monoisotopic (exact) mass is 269 g/mol. The lowest BCUT2D eigenvalue weighted by Gasteiger charge is -2.23. The van der Waals surface area contributed by atoms with Gasteiger partial charge in [0.2, 0.25) is 5.91 Å². The average Bonchev–Trinajstić information content (AvgIpc) is 3.18. The summed E-state index contributed by atoms with van der Waals surface area (Å²) in [5, 5.41) is 4.14. The average molecular weight is 269 g/mol. The van der Waals surface area contributed by atoms with Crippen LogP contribution in [0.3, 0.4) is 0 Å². The van der Waals surface area contributed by atoms with Crippen molar-refractivity contribution in [3.8, 4) is 0 Å². The minimum absolute atomic E-state index is 0.215. The fourth-order valence-corrected chi connectivity index (χ4v) is 2.77. The second-order valence-corrected chi connectivity index (χ2v) is 5.63. The van der Waals surface area contributed by atoms with Crippen LogP contribution in [0.2, 0.25) is 0 Å². The van der Waals surface area contributed by atoms with Gasteiger partial charge in [0, 0.05) is 32.4 Å². The number of amides is 1. The summed E-state index contributed by atoms with van der Waals surface area (Å²) < 4.78 is 1.76. The summed E-state index contributed by atoms with van der Waals surface area (Å²) in [6, 6.07) is 10.1. The van der Waals surface area contributed by atoms with Crippen LogP contribution in [0.5, 0.6) is 0 Å². The van der Waals surface area contributed by atoms with Crippen LogP contribution in [0.25, 0.3) is 0 Å². The van der Waals surface area contributed by atoms with Gasteiger partial charge in [-0.05, 0) is 18.4 Å². The minimum atomic E-state index is -0.280. The zero-order valence-electron chi connectivity index (χ0n) is 11.9. The summed E-state index contributed by atoms with van der Waals surface area (Å²) in [4.78, 5) is 14.6. The molecule has 1 saturated carbocycles. The smallest absolute Gasteiger partial charge is 0.233 e. The molecule has 4 nitrogen and oxygen atoms in total. The van der Waals surface area contributed by atoms with Crippen LogP contribution < -0.4 is 0 Å². The molecular weight excluding hydrogens is 250 g/mol. The van der Waals surface area contributed by atoms with Crippen molar-refractivity contribution < 1.29 is 4.79 Å². The Labute approximate surface area is 119 Å². The molecule has 4 heteroatoms. The number of aryl methyl sites for hydroxylation is 1. The molecule has 0 bridgehead atoms. The van der Waals surface area contributed by atoms with Gasteiger partial charge in [-0.1, -0.05) is 30.3 Å². The van der Waals surface area contributed by atoms with Crippen molar-refractivity contribution in [1.29, 1.82) is 0 Å². The molecule has 0 N–H and O–H groups in total. The summed E-state index contributed by atoms with van der Waals surface area (Å²) in [7, 11) is 3.76. The highest BCUT2D eigenvalue weighted by Crippen LogP contribution is 2.49. The molecule has 1 aliphatic carbocycles. The van der Waals surface area contributed by atoms with Crippen molar-refractivity contribution in [1.82, 2.24) is 14.7 Å². The van der Waals surface area contributed by atoms with Crippen LogP contribution in [-0.2, 0) is 23.8 Å². The Morgan fingerprint density at radius 2 is 2.05 bits per heavy atom. The van der Waals surface area contributed by atoms with Gasteiger partial charge in [-0.3, -0.25) is 9.48 Å². The topological polar surface area (TPSA) is 38.1 Å². The molecular formula is C16H19N3O. The Morgan fingerprint density at radius 3 is 2.60 bits per heavy atom. The summed E-state index contributed by atoms with van der Waals surface area (Å²) in [6.07, 6.45) is 5.66. The third kappa shape index (κ3) is 2.22. The predicted octanol–water partition coefficient (Wildman–Crippen LogP) is 2.11. The highest BCUT2D eigenvalue weighted by molar-refractivity contribution is 5.91. The van der Waals surface area contributed by atoms with Crippen LogP contribution in [0.1, 0.15) is 24.0 Å². The lowest BCUT2D eigenvalue weighted by molar-refractivity contribution is -0.133.